The molecule has 5 nitrogen and oxygen atoms in total. The molecule has 1 aliphatic heterocycles. The maximum atomic E-state index is 11.9. The Kier molecular flexibility index (Phi) is 4.60. The van der Waals surface area contributed by atoms with Crippen LogP contribution in [0.3, 0.4) is 0 Å². The van der Waals surface area contributed by atoms with Crippen molar-refractivity contribution in [3.05, 3.63) is 35.1 Å². The molecule has 1 unspecified atom stereocenters. The van der Waals surface area contributed by atoms with Gasteiger partial charge >= 0.3 is 5.97 Å². The summed E-state index contributed by atoms with van der Waals surface area (Å²) >= 11 is 0. The number of carbonyl (C=O) groups is 1. The van der Waals surface area contributed by atoms with Gasteiger partial charge in [0.05, 0.1) is 11.5 Å². The summed E-state index contributed by atoms with van der Waals surface area (Å²) in [6.45, 7) is 5.97. The highest BCUT2D eigenvalue weighted by Crippen LogP contribution is 2.34. The van der Waals surface area contributed by atoms with E-state index in [1.807, 2.05) is 13.8 Å². The Hall–Kier alpha value is -1.82. The monoisotopic (exact) mass is 324 g/mol. The Balaban J connectivity index is 2.53. The van der Waals surface area contributed by atoms with Gasteiger partial charge in [-0.3, -0.25) is 0 Å². The van der Waals surface area contributed by atoms with Crippen LogP contribution in [0, 0.1) is 6.92 Å². The van der Waals surface area contributed by atoms with Crippen molar-refractivity contribution in [1.82, 2.24) is 0 Å². The van der Waals surface area contributed by atoms with E-state index in [0.29, 0.717) is 12.2 Å². The van der Waals surface area contributed by atoms with Crippen molar-refractivity contribution in [3.8, 4) is 0 Å². The minimum absolute atomic E-state index is 0.226. The first-order valence-corrected chi connectivity index (χ1v) is 9.04. The number of benzene rings is 1. The Morgan fingerprint density at radius 2 is 2.00 bits per heavy atom. The lowest BCUT2D eigenvalue weighted by Gasteiger charge is -2.13. The third-order valence-corrected chi connectivity index (χ3v) is 4.60. The van der Waals surface area contributed by atoms with Gasteiger partial charge in [-0.25, -0.2) is 13.2 Å². The molecule has 0 spiro atoms. The van der Waals surface area contributed by atoms with Crippen LogP contribution in [-0.2, 0) is 24.1 Å². The summed E-state index contributed by atoms with van der Waals surface area (Å²) in [5.41, 5.74) is 2.22. The molecule has 0 aromatic heterocycles. The maximum absolute atomic E-state index is 11.9. The van der Waals surface area contributed by atoms with E-state index in [1.54, 1.807) is 19.1 Å². The zero-order chi connectivity index (χ0) is 16.5. The lowest BCUT2D eigenvalue weighted by Crippen LogP contribution is -2.07. The lowest BCUT2D eigenvalue weighted by atomic mass is 9.97. The number of ether oxygens (including phenoxy) is 2. The summed E-state index contributed by atoms with van der Waals surface area (Å²) in [6, 6.07) is 4.84. The second kappa shape index (κ2) is 6.12. The molecule has 0 N–H and O–H groups in total. The molecule has 0 saturated carbocycles. The van der Waals surface area contributed by atoms with Gasteiger partial charge in [0.25, 0.3) is 0 Å². The number of carbonyl (C=O) groups excluding carboxylic acids is 1. The Labute approximate surface area is 130 Å². The first-order chi connectivity index (χ1) is 10.3. The third-order valence-electron chi connectivity index (χ3n) is 3.49. The van der Waals surface area contributed by atoms with Crippen LogP contribution >= 0.6 is 0 Å². The van der Waals surface area contributed by atoms with Gasteiger partial charge in [-0.1, -0.05) is 13.0 Å². The second-order valence-electron chi connectivity index (χ2n) is 5.39. The minimum atomic E-state index is -3.26. The molecule has 1 heterocycles. The first-order valence-electron chi connectivity index (χ1n) is 7.14. The van der Waals surface area contributed by atoms with E-state index in [2.05, 4.69) is 0 Å². The fourth-order valence-corrected chi connectivity index (χ4v) is 3.12. The summed E-state index contributed by atoms with van der Waals surface area (Å²) in [7, 11) is -3.26. The largest absolute Gasteiger partial charge is 0.486 e. The SMILES string of the molecule is CCCOC1=C(c2ccc(S(C)(=O)=O)cc2C)C(C)OC1=O. The summed E-state index contributed by atoms with van der Waals surface area (Å²) in [5, 5.41) is 0. The molecule has 0 radical (unpaired) electrons. The molecule has 0 amide bonds. The van der Waals surface area contributed by atoms with Crippen LogP contribution < -0.4 is 0 Å². The Bertz CT molecular complexity index is 731. The molecule has 0 saturated heterocycles. The molecule has 22 heavy (non-hydrogen) atoms. The second-order valence-corrected chi connectivity index (χ2v) is 7.40. The predicted octanol–water partition coefficient (Wildman–Crippen LogP) is 2.48. The van der Waals surface area contributed by atoms with Gasteiger partial charge < -0.3 is 9.47 Å². The lowest BCUT2D eigenvalue weighted by molar-refractivity contribution is -0.142. The normalized spacial score (nSPS) is 18.5. The van der Waals surface area contributed by atoms with Crippen LogP contribution in [0.25, 0.3) is 5.57 Å². The van der Waals surface area contributed by atoms with Crippen LogP contribution in [0.4, 0.5) is 0 Å². The number of aryl methyl sites for hydroxylation is 1. The number of hydrogen-bond acceptors (Lipinski definition) is 5. The molecular formula is C16H20O5S. The standard InChI is InChI=1S/C16H20O5S/c1-5-8-20-15-14(11(3)21-16(15)17)13-7-6-12(9-10(13)2)22(4,18)19/h6-7,9,11H,5,8H2,1-4H3. The molecule has 120 valence electrons. The van der Waals surface area contributed by atoms with Crippen molar-refractivity contribution >= 4 is 21.4 Å². The van der Waals surface area contributed by atoms with Gasteiger partial charge in [0, 0.05) is 11.8 Å². The fourth-order valence-electron chi connectivity index (χ4n) is 2.42. The Morgan fingerprint density at radius 3 is 2.55 bits per heavy atom. The quantitative estimate of drug-likeness (QED) is 0.778. The number of rotatable bonds is 5. The summed E-state index contributed by atoms with van der Waals surface area (Å²) in [5.74, 6) is -0.243. The fraction of sp³-hybridized carbons (Fsp3) is 0.438. The predicted molar refractivity (Wildman–Crippen MR) is 83.0 cm³/mol. The van der Waals surface area contributed by atoms with Crippen molar-refractivity contribution in [2.45, 2.75) is 38.2 Å². The smallest absolute Gasteiger partial charge is 0.374 e. The number of sulfone groups is 1. The number of hydrogen-bond donors (Lipinski definition) is 0. The molecule has 1 aliphatic rings. The zero-order valence-electron chi connectivity index (χ0n) is 13.2. The molecule has 1 atom stereocenters. The van der Waals surface area contributed by atoms with E-state index in [1.165, 1.54) is 12.3 Å². The Morgan fingerprint density at radius 1 is 1.32 bits per heavy atom. The highest BCUT2D eigenvalue weighted by molar-refractivity contribution is 7.90. The summed E-state index contributed by atoms with van der Waals surface area (Å²) in [6.07, 6.45) is 1.54. The molecule has 1 aromatic rings. The average molecular weight is 324 g/mol. The van der Waals surface area contributed by atoms with Crippen LogP contribution in [0.1, 0.15) is 31.4 Å². The molecule has 0 fully saturated rings. The number of esters is 1. The van der Waals surface area contributed by atoms with Crippen LogP contribution in [0.5, 0.6) is 0 Å². The van der Waals surface area contributed by atoms with Gasteiger partial charge in [-0.15, -0.1) is 0 Å². The van der Waals surface area contributed by atoms with E-state index >= 15 is 0 Å². The van der Waals surface area contributed by atoms with Gasteiger partial charge in [0.2, 0.25) is 5.76 Å². The van der Waals surface area contributed by atoms with Gasteiger partial charge in [-0.2, -0.15) is 0 Å². The molecule has 0 bridgehead atoms. The van der Waals surface area contributed by atoms with Gasteiger partial charge in [0.1, 0.15) is 6.10 Å². The highest BCUT2D eigenvalue weighted by atomic mass is 32.2. The van der Waals surface area contributed by atoms with E-state index in [4.69, 9.17) is 9.47 Å². The maximum Gasteiger partial charge on any atom is 0.374 e. The van der Waals surface area contributed by atoms with Crippen LogP contribution in [0.15, 0.2) is 28.9 Å². The van der Waals surface area contributed by atoms with E-state index in [9.17, 15) is 13.2 Å². The van der Waals surface area contributed by atoms with E-state index < -0.39 is 21.9 Å². The molecular weight excluding hydrogens is 304 g/mol. The van der Waals surface area contributed by atoms with Gasteiger partial charge in [0.15, 0.2) is 9.84 Å². The van der Waals surface area contributed by atoms with Gasteiger partial charge in [-0.05, 0) is 43.5 Å². The van der Waals surface area contributed by atoms with Crippen molar-refractivity contribution < 1.29 is 22.7 Å². The first kappa shape index (κ1) is 16.5. The van der Waals surface area contributed by atoms with Crippen molar-refractivity contribution in [2.75, 3.05) is 12.9 Å². The van der Waals surface area contributed by atoms with Crippen LogP contribution in [-0.4, -0.2) is 33.4 Å². The minimum Gasteiger partial charge on any atom is -0.486 e. The molecule has 2 rings (SSSR count). The van der Waals surface area contributed by atoms with E-state index in [-0.39, 0.29) is 10.7 Å². The van der Waals surface area contributed by atoms with Crippen molar-refractivity contribution in [3.63, 3.8) is 0 Å². The average Bonchev–Trinajstić information content (AvgIpc) is 2.69. The van der Waals surface area contributed by atoms with Crippen molar-refractivity contribution in [2.24, 2.45) is 0 Å². The number of cyclic esters (lactones) is 1. The zero-order valence-corrected chi connectivity index (χ0v) is 14.0. The van der Waals surface area contributed by atoms with E-state index in [0.717, 1.165) is 17.5 Å². The highest BCUT2D eigenvalue weighted by Gasteiger charge is 2.34. The third kappa shape index (κ3) is 3.16. The summed E-state index contributed by atoms with van der Waals surface area (Å²) < 4.78 is 34.0. The summed E-state index contributed by atoms with van der Waals surface area (Å²) in [4.78, 5) is 12.2. The van der Waals surface area contributed by atoms with Crippen LogP contribution in [0.2, 0.25) is 0 Å². The van der Waals surface area contributed by atoms with Crippen molar-refractivity contribution in [1.29, 1.82) is 0 Å². The molecule has 6 heteroatoms. The molecule has 0 aliphatic carbocycles. The molecule has 1 aromatic carbocycles. The topological polar surface area (TPSA) is 69.7 Å².